The molecule has 2 aromatic carbocycles. The Bertz CT molecular complexity index is 1130. The molecule has 5 rings (SSSR count). The molecule has 1 aliphatic carbocycles. The van der Waals surface area contributed by atoms with Gasteiger partial charge in [0.1, 0.15) is 0 Å². The third-order valence-electron chi connectivity index (χ3n) is 7.57. The molecule has 0 atom stereocenters. The Morgan fingerprint density at radius 1 is 0.971 bits per heavy atom. The maximum atomic E-state index is 14.0. The van der Waals surface area contributed by atoms with E-state index >= 15 is 0 Å². The van der Waals surface area contributed by atoms with E-state index in [0.29, 0.717) is 5.92 Å². The number of hydrogen-bond donors (Lipinski definition) is 0. The fourth-order valence-electron chi connectivity index (χ4n) is 5.62. The predicted molar refractivity (Wildman–Crippen MR) is 145 cm³/mol. The van der Waals surface area contributed by atoms with E-state index in [1.54, 1.807) is 5.01 Å². The number of urea groups is 1. The molecule has 2 amide bonds. The van der Waals surface area contributed by atoms with E-state index < -0.39 is 0 Å². The zero-order valence-corrected chi connectivity index (χ0v) is 21.5. The maximum Gasteiger partial charge on any atom is 0.349 e. The Kier molecular flexibility index (Phi) is 7.03. The SMILES string of the molecule is Cc1ccc2c(c1)N(c1ccc(CC3=NCCCC3)cc1)C(=O)N(C(C)C)N=C2C1CCCCC1. The molecule has 3 aliphatic rings. The van der Waals surface area contributed by atoms with Gasteiger partial charge in [-0.3, -0.25) is 9.89 Å². The molecule has 2 aliphatic heterocycles. The van der Waals surface area contributed by atoms with Crippen molar-refractivity contribution in [1.29, 1.82) is 0 Å². The van der Waals surface area contributed by atoms with Gasteiger partial charge in [-0.15, -0.1) is 0 Å². The highest BCUT2D eigenvalue weighted by atomic mass is 16.2. The molecule has 5 heteroatoms. The number of hydrogen-bond acceptors (Lipinski definition) is 3. The molecule has 2 heterocycles. The molecule has 1 fully saturated rings. The minimum atomic E-state index is -0.0814. The maximum absolute atomic E-state index is 14.0. The van der Waals surface area contributed by atoms with Crippen molar-refractivity contribution in [3.63, 3.8) is 0 Å². The average molecular weight is 471 g/mol. The first kappa shape index (κ1) is 23.8. The van der Waals surface area contributed by atoms with Gasteiger partial charge < -0.3 is 0 Å². The number of hydrazone groups is 1. The van der Waals surface area contributed by atoms with Gasteiger partial charge in [0.05, 0.1) is 23.1 Å². The molecular weight excluding hydrogens is 432 g/mol. The number of carbonyl (C=O) groups excluding carboxylic acids is 1. The van der Waals surface area contributed by atoms with Crippen molar-refractivity contribution in [1.82, 2.24) is 5.01 Å². The lowest BCUT2D eigenvalue weighted by molar-refractivity contribution is 0.195. The largest absolute Gasteiger partial charge is 0.349 e. The van der Waals surface area contributed by atoms with Crippen LogP contribution in [0.4, 0.5) is 16.2 Å². The number of aryl methyl sites for hydroxylation is 1. The summed E-state index contributed by atoms with van der Waals surface area (Å²) in [5, 5.41) is 6.76. The molecule has 0 aromatic heterocycles. The molecular formula is C30H38N4O. The van der Waals surface area contributed by atoms with Crippen LogP contribution in [0.25, 0.3) is 0 Å². The molecule has 1 saturated carbocycles. The summed E-state index contributed by atoms with van der Waals surface area (Å²) in [7, 11) is 0. The van der Waals surface area contributed by atoms with Crippen LogP contribution in [0.1, 0.15) is 81.9 Å². The van der Waals surface area contributed by atoms with Crippen molar-refractivity contribution in [3.05, 3.63) is 59.2 Å². The molecule has 184 valence electrons. The molecule has 5 nitrogen and oxygen atoms in total. The predicted octanol–water partition coefficient (Wildman–Crippen LogP) is 7.43. The van der Waals surface area contributed by atoms with Crippen LogP contribution in [0.15, 0.2) is 52.6 Å². The van der Waals surface area contributed by atoms with Gasteiger partial charge in [-0.2, -0.15) is 5.10 Å². The van der Waals surface area contributed by atoms with Crippen molar-refractivity contribution < 1.29 is 4.79 Å². The minimum Gasteiger partial charge on any atom is -0.294 e. The molecule has 0 spiro atoms. The lowest BCUT2D eigenvalue weighted by Crippen LogP contribution is -2.41. The second-order valence-electron chi connectivity index (χ2n) is 10.6. The summed E-state index contributed by atoms with van der Waals surface area (Å²) in [5.41, 5.74) is 7.72. The van der Waals surface area contributed by atoms with Crippen LogP contribution >= 0.6 is 0 Å². The van der Waals surface area contributed by atoms with E-state index in [9.17, 15) is 4.79 Å². The van der Waals surface area contributed by atoms with E-state index in [2.05, 4.69) is 49.4 Å². The third kappa shape index (κ3) is 5.05. The van der Waals surface area contributed by atoms with Gasteiger partial charge in [0.25, 0.3) is 0 Å². The molecule has 0 unspecified atom stereocenters. The molecule has 0 N–H and O–H groups in total. The number of benzene rings is 2. The minimum absolute atomic E-state index is 0.0254. The van der Waals surface area contributed by atoms with Crippen LogP contribution in [0, 0.1) is 12.8 Å². The first-order valence-corrected chi connectivity index (χ1v) is 13.5. The second-order valence-corrected chi connectivity index (χ2v) is 10.6. The Morgan fingerprint density at radius 2 is 1.74 bits per heavy atom. The quantitative estimate of drug-likeness (QED) is 0.448. The van der Waals surface area contributed by atoms with E-state index in [1.165, 1.54) is 43.4 Å². The number of anilines is 2. The topological polar surface area (TPSA) is 48.3 Å². The fraction of sp³-hybridized carbons (Fsp3) is 0.500. The summed E-state index contributed by atoms with van der Waals surface area (Å²) >= 11 is 0. The van der Waals surface area contributed by atoms with Gasteiger partial charge in [-0.05, 0) is 82.2 Å². The number of aliphatic imine (C=N–C) groups is 1. The molecule has 0 radical (unpaired) electrons. The first-order valence-electron chi connectivity index (χ1n) is 13.5. The normalized spacial score (nSPS) is 19.4. The smallest absolute Gasteiger partial charge is 0.294 e. The third-order valence-corrected chi connectivity index (χ3v) is 7.57. The standard InChI is InChI=1S/C30H38N4O/c1-21(2)34-30(35)33(26-15-13-23(14-16-26)20-25-11-7-8-18-31-25)28-19-22(3)12-17-27(28)29(32-34)24-9-5-4-6-10-24/h12-17,19,21,24H,4-11,18,20H2,1-3H3. The zero-order chi connectivity index (χ0) is 24.4. The molecule has 35 heavy (non-hydrogen) atoms. The lowest BCUT2D eigenvalue weighted by Gasteiger charge is -2.29. The van der Waals surface area contributed by atoms with Gasteiger partial charge >= 0.3 is 6.03 Å². The zero-order valence-electron chi connectivity index (χ0n) is 21.5. The second kappa shape index (κ2) is 10.3. The number of amides is 2. The van der Waals surface area contributed by atoms with Gasteiger partial charge in [0, 0.05) is 30.2 Å². The monoisotopic (exact) mass is 470 g/mol. The molecule has 0 saturated heterocycles. The van der Waals surface area contributed by atoms with Crippen molar-refractivity contribution in [2.45, 2.75) is 84.6 Å². The van der Waals surface area contributed by atoms with E-state index in [4.69, 9.17) is 10.1 Å². The van der Waals surface area contributed by atoms with Gasteiger partial charge in [-0.25, -0.2) is 9.80 Å². The van der Waals surface area contributed by atoms with Crippen molar-refractivity contribution in [2.75, 3.05) is 11.4 Å². The fourth-order valence-corrected chi connectivity index (χ4v) is 5.62. The summed E-state index contributed by atoms with van der Waals surface area (Å²) in [6.07, 6.45) is 10.5. The van der Waals surface area contributed by atoms with Crippen LogP contribution in [-0.4, -0.2) is 35.0 Å². The van der Waals surface area contributed by atoms with Crippen molar-refractivity contribution in [3.8, 4) is 0 Å². The first-order chi connectivity index (χ1) is 17.0. The van der Waals surface area contributed by atoms with E-state index in [-0.39, 0.29) is 12.1 Å². The van der Waals surface area contributed by atoms with Gasteiger partial charge in [-0.1, -0.05) is 43.5 Å². The van der Waals surface area contributed by atoms with Crippen LogP contribution in [0.5, 0.6) is 0 Å². The van der Waals surface area contributed by atoms with Crippen LogP contribution < -0.4 is 4.90 Å². The van der Waals surface area contributed by atoms with Gasteiger partial charge in [0.2, 0.25) is 0 Å². The summed E-state index contributed by atoms with van der Waals surface area (Å²) < 4.78 is 0. The number of rotatable bonds is 5. The Morgan fingerprint density at radius 3 is 2.43 bits per heavy atom. The van der Waals surface area contributed by atoms with Crippen LogP contribution in [-0.2, 0) is 6.42 Å². The number of fused-ring (bicyclic) bond motifs is 1. The van der Waals surface area contributed by atoms with Crippen LogP contribution in [0.2, 0.25) is 0 Å². The summed E-state index contributed by atoms with van der Waals surface area (Å²) in [4.78, 5) is 20.6. The van der Waals surface area contributed by atoms with Gasteiger partial charge in [0.15, 0.2) is 0 Å². The lowest BCUT2D eigenvalue weighted by atomic mass is 9.82. The molecule has 0 bridgehead atoms. The highest BCUT2D eigenvalue weighted by Gasteiger charge is 2.35. The number of carbonyl (C=O) groups is 1. The Hall–Kier alpha value is -2.95. The summed E-state index contributed by atoms with van der Waals surface area (Å²) in [5.74, 6) is 0.401. The van der Waals surface area contributed by atoms with Crippen molar-refractivity contribution >= 4 is 28.8 Å². The average Bonchev–Trinajstić information content (AvgIpc) is 2.99. The highest BCUT2D eigenvalue weighted by Crippen LogP contribution is 2.38. The Balaban J connectivity index is 1.55. The molecule has 2 aromatic rings. The van der Waals surface area contributed by atoms with E-state index in [1.807, 2.05) is 18.7 Å². The highest BCUT2D eigenvalue weighted by molar-refractivity contribution is 6.14. The van der Waals surface area contributed by atoms with Crippen LogP contribution in [0.3, 0.4) is 0 Å². The summed E-state index contributed by atoms with van der Waals surface area (Å²) in [6, 6.07) is 14.9. The van der Waals surface area contributed by atoms with E-state index in [0.717, 1.165) is 60.4 Å². The number of nitrogens with zero attached hydrogens (tertiary/aromatic N) is 4. The Labute approximate surface area is 209 Å². The summed E-state index contributed by atoms with van der Waals surface area (Å²) in [6.45, 7) is 7.15. The van der Waals surface area contributed by atoms with Crippen molar-refractivity contribution in [2.24, 2.45) is 16.0 Å².